The lowest BCUT2D eigenvalue weighted by Crippen LogP contribution is -2.05. The Labute approximate surface area is 106 Å². The van der Waals surface area contributed by atoms with E-state index in [0.29, 0.717) is 11.2 Å². The van der Waals surface area contributed by atoms with Crippen molar-refractivity contribution in [1.29, 1.82) is 0 Å². The van der Waals surface area contributed by atoms with Crippen molar-refractivity contribution in [3.8, 4) is 0 Å². The molecule has 0 aliphatic carbocycles. The summed E-state index contributed by atoms with van der Waals surface area (Å²) in [6, 6.07) is 5.55. The van der Waals surface area contributed by atoms with E-state index in [1.165, 1.54) is 0 Å². The number of hydrogen-bond donors (Lipinski definition) is 1. The summed E-state index contributed by atoms with van der Waals surface area (Å²) in [6.45, 7) is 6.69. The Morgan fingerprint density at radius 1 is 1.35 bits per heavy atom. The molecule has 1 atom stereocenters. The van der Waals surface area contributed by atoms with Gasteiger partial charge in [0.15, 0.2) is 5.58 Å². The van der Waals surface area contributed by atoms with Crippen LogP contribution in [0.2, 0.25) is 0 Å². The SMILES string of the molecule is CC(C)C(C)SCc1nc2cc(N)ccc2o1. The number of rotatable bonds is 4. The molecule has 2 N–H and O–H groups in total. The topological polar surface area (TPSA) is 52.0 Å². The highest BCUT2D eigenvalue weighted by molar-refractivity contribution is 7.99. The van der Waals surface area contributed by atoms with Crippen LogP contribution in [0, 0.1) is 5.92 Å². The van der Waals surface area contributed by atoms with Crippen LogP contribution in [0.25, 0.3) is 11.1 Å². The molecular formula is C13H18N2OS. The number of benzene rings is 1. The van der Waals surface area contributed by atoms with E-state index in [1.807, 2.05) is 30.0 Å². The maximum absolute atomic E-state index is 5.71. The van der Waals surface area contributed by atoms with Gasteiger partial charge in [0.2, 0.25) is 5.89 Å². The Bertz CT molecular complexity index is 507. The largest absolute Gasteiger partial charge is 0.440 e. The summed E-state index contributed by atoms with van der Waals surface area (Å²) in [5.74, 6) is 2.26. The average molecular weight is 250 g/mol. The van der Waals surface area contributed by atoms with Gasteiger partial charge in [-0.05, 0) is 24.1 Å². The minimum Gasteiger partial charge on any atom is -0.440 e. The van der Waals surface area contributed by atoms with Crippen molar-refractivity contribution >= 4 is 28.5 Å². The number of oxazole rings is 1. The highest BCUT2D eigenvalue weighted by atomic mass is 32.2. The highest BCUT2D eigenvalue weighted by Crippen LogP contribution is 2.25. The maximum Gasteiger partial charge on any atom is 0.205 e. The molecule has 1 unspecified atom stereocenters. The third-order valence-corrected chi connectivity index (χ3v) is 4.35. The third-order valence-electron chi connectivity index (χ3n) is 2.86. The van der Waals surface area contributed by atoms with Gasteiger partial charge in [0.1, 0.15) is 5.52 Å². The first-order chi connectivity index (χ1) is 8.06. The zero-order chi connectivity index (χ0) is 12.4. The summed E-state index contributed by atoms with van der Waals surface area (Å²) in [6.07, 6.45) is 0. The molecule has 1 aromatic carbocycles. The summed E-state index contributed by atoms with van der Waals surface area (Å²) in [5.41, 5.74) is 8.09. The Kier molecular flexibility index (Phi) is 3.62. The van der Waals surface area contributed by atoms with Gasteiger partial charge in [0.25, 0.3) is 0 Å². The first kappa shape index (κ1) is 12.3. The van der Waals surface area contributed by atoms with Crippen LogP contribution in [0.1, 0.15) is 26.7 Å². The van der Waals surface area contributed by atoms with Gasteiger partial charge in [-0.1, -0.05) is 20.8 Å². The standard InChI is InChI=1S/C13H18N2OS/c1-8(2)9(3)17-7-13-15-11-6-10(14)4-5-12(11)16-13/h4-6,8-9H,7,14H2,1-3H3. The summed E-state index contributed by atoms with van der Waals surface area (Å²) in [7, 11) is 0. The predicted octanol–water partition coefficient (Wildman–Crippen LogP) is 3.69. The second-order valence-electron chi connectivity index (χ2n) is 4.59. The molecule has 1 heterocycles. The number of aromatic nitrogens is 1. The molecule has 0 bridgehead atoms. The van der Waals surface area contributed by atoms with E-state index in [1.54, 1.807) is 0 Å². The van der Waals surface area contributed by atoms with Gasteiger partial charge >= 0.3 is 0 Å². The highest BCUT2D eigenvalue weighted by Gasteiger charge is 2.11. The number of thioether (sulfide) groups is 1. The second kappa shape index (κ2) is 5.00. The van der Waals surface area contributed by atoms with Crippen LogP contribution in [0.5, 0.6) is 0 Å². The normalized spacial score (nSPS) is 13.4. The van der Waals surface area contributed by atoms with Crippen LogP contribution in [0.3, 0.4) is 0 Å². The molecular weight excluding hydrogens is 232 g/mol. The van der Waals surface area contributed by atoms with Crippen LogP contribution in [-0.4, -0.2) is 10.2 Å². The van der Waals surface area contributed by atoms with Crippen LogP contribution in [-0.2, 0) is 5.75 Å². The smallest absolute Gasteiger partial charge is 0.205 e. The molecule has 0 amide bonds. The van der Waals surface area contributed by atoms with Crippen LogP contribution >= 0.6 is 11.8 Å². The number of anilines is 1. The Morgan fingerprint density at radius 2 is 2.12 bits per heavy atom. The van der Waals surface area contributed by atoms with E-state index in [0.717, 1.165) is 28.4 Å². The minimum atomic E-state index is 0.607. The number of nitrogen functional groups attached to an aromatic ring is 1. The summed E-state index contributed by atoms with van der Waals surface area (Å²) in [4.78, 5) is 4.44. The van der Waals surface area contributed by atoms with Crippen molar-refractivity contribution in [2.24, 2.45) is 5.92 Å². The molecule has 0 radical (unpaired) electrons. The number of hydrogen-bond acceptors (Lipinski definition) is 4. The summed E-state index contributed by atoms with van der Waals surface area (Å²) in [5, 5.41) is 0.607. The molecule has 0 aliphatic rings. The van der Waals surface area contributed by atoms with Gasteiger partial charge in [-0.2, -0.15) is 0 Å². The fourth-order valence-corrected chi connectivity index (χ4v) is 2.36. The lowest BCUT2D eigenvalue weighted by atomic mass is 10.2. The van der Waals surface area contributed by atoms with Crippen molar-refractivity contribution in [2.75, 3.05) is 5.73 Å². The van der Waals surface area contributed by atoms with Crippen LogP contribution < -0.4 is 5.73 Å². The third kappa shape index (κ3) is 2.94. The van der Waals surface area contributed by atoms with Crippen LogP contribution in [0.4, 0.5) is 5.69 Å². The van der Waals surface area contributed by atoms with Gasteiger partial charge in [0.05, 0.1) is 5.75 Å². The predicted molar refractivity (Wildman–Crippen MR) is 74.0 cm³/mol. The van der Waals surface area contributed by atoms with E-state index >= 15 is 0 Å². The molecule has 1 aromatic heterocycles. The van der Waals surface area contributed by atoms with Crippen molar-refractivity contribution < 1.29 is 4.42 Å². The molecule has 4 heteroatoms. The quantitative estimate of drug-likeness (QED) is 0.841. The molecule has 0 saturated carbocycles. The second-order valence-corrected chi connectivity index (χ2v) is 5.96. The molecule has 2 rings (SSSR count). The molecule has 2 aromatic rings. The first-order valence-corrected chi connectivity index (χ1v) is 6.87. The van der Waals surface area contributed by atoms with Gasteiger partial charge < -0.3 is 10.2 Å². The Hall–Kier alpha value is -1.16. The molecule has 0 aliphatic heterocycles. The van der Waals surface area contributed by atoms with Gasteiger partial charge in [-0.3, -0.25) is 0 Å². The zero-order valence-electron chi connectivity index (χ0n) is 10.4. The van der Waals surface area contributed by atoms with E-state index in [9.17, 15) is 0 Å². The molecule has 3 nitrogen and oxygen atoms in total. The molecule has 92 valence electrons. The van der Waals surface area contributed by atoms with Gasteiger partial charge in [-0.25, -0.2) is 4.98 Å². The Balaban J connectivity index is 2.09. The number of nitrogens with two attached hydrogens (primary N) is 1. The van der Waals surface area contributed by atoms with Crippen molar-refractivity contribution in [1.82, 2.24) is 4.98 Å². The number of fused-ring (bicyclic) bond motifs is 1. The average Bonchev–Trinajstić information content (AvgIpc) is 2.67. The van der Waals surface area contributed by atoms with Crippen LogP contribution in [0.15, 0.2) is 22.6 Å². The molecule has 17 heavy (non-hydrogen) atoms. The summed E-state index contributed by atoms with van der Waals surface area (Å²) < 4.78 is 5.67. The Morgan fingerprint density at radius 3 is 2.82 bits per heavy atom. The van der Waals surface area contributed by atoms with Crippen molar-refractivity contribution in [2.45, 2.75) is 31.8 Å². The lowest BCUT2D eigenvalue weighted by Gasteiger charge is -2.13. The molecule has 0 saturated heterocycles. The van der Waals surface area contributed by atoms with E-state index in [2.05, 4.69) is 25.8 Å². The molecule has 0 spiro atoms. The zero-order valence-corrected chi connectivity index (χ0v) is 11.3. The van der Waals surface area contributed by atoms with E-state index < -0.39 is 0 Å². The molecule has 0 fully saturated rings. The van der Waals surface area contributed by atoms with E-state index in [4.69, 9.17) is 10.2 Å². The maximum atomic E-state index is 5.71. The van der Waals surface area contributed by atoms with Crippen molar-refractivity contribution in [3.63, 3.8) is 0 Å². The van der Waals surface area contributed by atoms with Gasteiger partial charge in [-0.15, -0.1) is 11.8 Å². The van der Waals surface area contributed by atoms with Gasteiger partial charge in [0, 0.05) is 10.9 Å². The van der Waals surface area contributed by atoms with E-state index in [-0.39, 0.29) is 0 Å². The number of nitrogens with zero attached hydrogens (tertiary/aromatic N) is 1. The lowest BCUT2D eigenvalue weighted by molar-refractivity contribution is 0.554. The fraction of sp³-hybridized carbons (Fsp3) is 0.462. The monoisotopic (exact) mass is 250 g/mol. The summed E-state index contributed by atoms with van der Waals surface area (Å²) >= 11 is 1.87. The van der Waals surface area contributed by atoms with Crippen molar-refractivity contribution in [3.05, 3.63) is 24.1 Å². The first-order valence-electron chi connectivity index (χ1n) is 5.83. The fourth-order valence-electron chi connectivity index (χ4n) is 1.45. The minimum absolute atomic E-state index is 0.607.